The first-order valence-corrected chi connectivity index (χ1v) is 7.06. The lowest BCUT2D eigenvalue weighted by molar-refractivity contribution is -0.0299. The molecule has 118 valence electrons. The van der Waals surface area contributed by atoms with Gasteiger partial charge in [0.15, 0.2) is 0 Å². The molecule has 0 heterocycles. The summed E-state index contributed by atoms with van der Waals surface area (Å²) in [6, 6.07) is 14.8. The molecule has 0 radical (unpaired) electrons. The van der Waals surface area contributed by atoms with Crippen molar-refractivity contribution < 1.29 is 13.5 Å². The van der Waals surface area contributed by atoms with E-state index in [9.17, 15) is 8.78 Å². The zero-order chi connectivity index (χ0) is 16.0. The highest BCUT2D eigenvalue weighted by molar-refractivity contribution is 5.28. The maximum Gasteiger partial charge on any atom is 0.279 e. The molecule has 0 aliphatic heterocycles. The van der Waals surface area contributed by atoms with Gasteiger partial charge in [0.05, 0.1) is 19.7 Å². The van der Waals surface area contributed by atoms with Crippen molar-refractivity contribution in [2.45, 2.75) is 18.5 Å². The predicted molar refractivity (Wildman–Crippen MR) is 83.0 cm³/mol. The quantitative estimate of drug-likeness (QED) is 0.826. The summed E-state index contributed by atoms with van der Waals surface area (Å²) in [6.07, 6.45) is 0. The number of ether oxygens (including phenoxy) is 1. The molecule has 2 rings (SSSR count). The average Bonchev–Trinajstić information content (AvgIpc) is 2.56. The highest BCUT2D eigenvalue weighted by Crippen LogP contribution is 2.30. The highest BCUT2D eigenvalue weighted by atomic mass is 19.3. The molecule has 1 unspecified atom stereocenters. The minimum absolute atomic E-state index is 0.319. The smallest absolute Gasteiger partial charge is 0.279 e. The minimum Gasteiger partial charge on any atom is -0.497 e. The number of hydrogen-bond donors (Lipinski definition) is 2. The second kappa shape index (κ2) is 7.33. The monoisotopic (exact) mass is 306 g/mol. The van der Waals surface area contributed by atoms with Crippen LogP contribution in [0.1, 0.15) is 17.2 Å². The zero-order valence-electron chi connectivity index (χ0n) is 12.4. The molecule has 3 N–H and O–H groups in total. The van der Waals surface area contributed by atoms with Crippen LogP contribution >= 0.6 is 0 Å². The summed E-state index contributed by atoms with van der Waals surface area (Å²) in [6.45, 7) is -0.388. The molecule has 0 fully saturated rings. The second-order valence-electron chi connectivity index (χ2n) is 5.04. The first-order valence-electron chi connectivity index (χ1n) is 7.06. The van der Waals surface area contributed by atoms with E-state index in [-0.39, 0.29) is 0 Å². The molecule has 0 spiro atoms. The van der Waals surface area contributed by atoms with Crippen molar-refractivity contribution in [2.24, 2.45) is 5.73 Å². The summed E-state index contributed by atoms with van der Waals surface area (Å²) in [5.41, 5.74) is 6.66. The lowest BCUT2D eigenvalue weighted by Gasteiger charge is -2.27. The molecular formula is C17H20F2N2O. The van der Waals surface area contributed by atoms with Crippen molar-refractivity contribution >= 4 is 0 Å². The van der Waals surface area contributed by atoms with E-state index in [4.69, 9.17) is 10.5 Å². The van der Waals surface area contributed by atoms with Crippen LogP contribution in [0.2, 0.25) is 0 Å². The van der Waals surface area contributed by atoms with Gasteiger partial charge in [-0.3, -0.25) is 0 Å². The van der Waals surface area contributed by atoms with Gasteiger partial charge in [-0.25, -0.2) is 8.78 Å². The van der Waals surface area contributed by atoms with Crippen LogP contribution in [0.5, 0.6) is 5.75 Å². The van der Waals surface area contributed by atoms with E-state index in [0.717, 1.165) is 11.3 Å². The molecular weight excluding hydrogens is 286 g/mol. The number of rotatable bonds is 7. The minimum atomic E-state index is -3.02. The van der Waals surface area contributed by atoms with Crippen molar-refractivity contribution in [1.82, 2.24) is 5.32 Å². The molecule has 0 aromatic heterocycles. The third-order valence-corrected chi connectivity index (χ3v) is 3.50. The fraction of sp³-hybridized carbons (Fsp3) is 0.294. The summed E-state index contributed by atoms with van der Waals surface area (Å²) in [4.78, 5) is 0. The van der Waals surface area contributed by atoms with Crippen molar-refractivity contribution in [2.75, 3.05) is 13.7 Å². The first kappa shape index (κ1) is 16.4. The Balaban J connectivity index is 2.13. The maximum atomic E-state index is 14.1. The molecule has 1 atom stereocenters. The lowest BCUT2D eigenvalue weighted by atomic mass is 10.00. The highest BCUT2D eigenvalue weighted by Gasteiger charge is 2.38. The van der Waals surface area contributed by atoms with Gasteiger partial charge in [-0.15, -0.1) is 0 Å². The summed E-state index contributed by atoms with van der Waals surface area (Å²) >= 11 is 0. The Kier molecular flexibility index (Phi) is 5.46. The van der Waals surface area contributed by atoms with Crippen molar-refractivity contribution in [3.05, 3.63) is 65.7 Å². The first-order chi connectivity index (χ1) is 10.6. The fourth-order valence-electron chi connectivity index (χ4n) is 2.24. The Bertz CT molecular complexity index is 573. The molecule has 22 heavy (non-hydrogen) atoms. The number of alkyl halides is 2. The van der Waals surface area contributed by atoms with E-state index >= 15 is 0 Å². The Morgan fingerprint density at radius 2 is 1.73 bits per heavy atom. The van der Waals surface area contributed by atoms with E-state index in [1.807, 2.05) is 12.1 Å². The molecule has 0 bridgehead atoms. The fourth-order valence-corrected chi connectivity index (χ4v) is 2.24. The van der Waals surface area contributed by atoms with E-state index in [2.05, 4.69) is 5.32 Å². The number of hydrogen-bond acceptors (Lipinski definition) is 3. The topological polar surface area (TPSA) is 47.3 Å². The van der Waals surface area contributed by atoms with Gasteiger partial charge >= 0.3 is 0 Å². The SMILES string of the molecule is COc1ccc(CNC(c2ccccc2)C(F)(F)CN)cc1. The van der Waals surface area contributed by atoms with Crippen LogP contribution in [0.4, 0.5) is 8.78 Å². The van der Waals surface area contributed by atoms with Crippen LogP contribution in [0, 0.1) is 0 Å². The molecule has 0 amide bonds. The number of methoxy groups -OCH3 is 1. The summed E-state index contributed by atoms with van der Waals surface area (Å²) in [7, 11) is 1.58. The second-order valence-corrected chi connectivity index (χ2v) is 5.04. The van der Waals surface area contributed by atoms with Crippen LogP contribution < -0.4 is 15.8 Å². The summed E-state index contributed by atoms with van der Waals surface area (Å²) in [5.74, 6) is -2.29. The Hall–Kier alpha value is -1.98. The van der Waals surface area contributed by atoms with Gasteiger partial charge in [-0.05, 0) is 23.3 Å². The van der Waals surface area contributed by atoms with E-state index in [1.54, 1.807) is 49.6 Å². The number of benzene rings is 2. The van der Waals surface area contributed by atoms with E-state index < -0.39 is 18.5 Å². The van der Waals surface area contributed by atoms with Gasteiger partial charge in [0.2, 0.25) is 0 Å². The maximum absolute atomic E-state index is 14.1. The van der Waals surface area contributed by atoms with Crippen LogP contribution in [0.3, 0.4) is 0 Å². The van der Waals surface area contributed by atoms with E-state index in [1.165, 1.54) is 0 Å². The molecule has 3 nitrogen and oxygen atoms in total. The standard InChI is InChI=1S/C17H20F2N2O/c1-22-15-9-7-13(8-10-15)11-21-16(17(18,19)12-20)14-5-3-2-4-6-14/h2-10,16,21H,11-12,20H2,1H3. The van der Waals surface area contributed by atoms with Crippen LogP contribution in [-0.4, -0.2) is 19.6 Å². The number of nitrogens with one attached hydrogen (secondary N) is 1. The Labute approximate surface area is 129 Å². The Morgan fingerprint density at radius 1 is 1.09 bits per heavy atom. The molecule has 0 aliphatic carbocycles. The Morgan fingerprint density at radius 3 is 2.27 bits per heavy atom. The van der Waals surface area contributed by atoms with E-state index in [0.29, 0.717) is 12.1 Å². The van der Waals surface area contributed by atoms with Gasteiger partial charge in [0.25, 0.3) is 5.92 Å². The van der Waals surface area contributed by atoms with Crippen molar-refractivity contribution in [3.8, 4) is 5.75 Å². The van der Waals surface area contributed by atoms with Crippen LogP contribution in [0.15, 0.2) is 54.6 Å². The molecule has 0 saturated heterocycles. The summed E-state index contributed by atoms with van der Waals surface area (Å²) in [5, 5.41) is 2.91. The van der Waals surface area contributed by atoms with Gasteiger partial charge in [0, 0.05) is 6.54 Å². The lowest BCUT2D eigenvalue weighted by Crippen LogP contribution is -2.42. The average molecular weight is 306 g/mol. The van der Waals surface area contributed by atoms with Gasteiger partial charge in [0.1, 0.15) is 5.75 Å². The molecule has 2 aromatic rings. The van der Waals surface area contributed by atoms with Crippen molar-refractivity contribution in [1.29, 1.82) is 0 Å². The zero-order valence-corrected chi connectivity index (χ0v) is 12.4. The summed E-state index contributed by atoms with van der Waals surface area (Å²) < 4.78 is 33.3. The van der Waals surface area contributed by atoms with Crippen LogP contribution in [-0.2, 0) is 6.54 Å². The number of halogens is 2. The molecule has 0 saturated carbocycles. The van der Waals surface area contributed by atoms with Crippen molar-refractivity contribution in [3.63, 3.8) is 0 Å². The molecule has 5 heteroatoms. The van der Waals surface area contributed by atoms with Gasteiger partial charge in [-0.1, -0.05) is 42.5 Å². The molecule has 0 aliphatic rings. The van der Waals surface area contributed by atoms with Gasteiger partial charge < -0.3 is 15.8 Å². The van der Waals surface area contributed by atoms with Gasteiger partial charge in [-0.2, -0.15) is 0 Å². The predicted octanol–water partition coefficient (Wildman–Crippen LogP) is 3.12. The number of nitrogens with two attached hydrogens (primary N) is 1. The third kappa shape index (κ3) is 4.02. The molecule has 2 aromatic carbocycles. The third-order valence-electron chi connectivity index (χ3n) is 3.50. The largest absolute Gasteiger partial charge is 0.497 e. The normalized spacial score (nSPS) is 12.9. The van der Waals surface area contributed by atoms with Crippen LogP contribution in [0.25, 0.3) is 0 Å².